The van der Waals surface area contributed by atoms with E-state index >= 15 is 0 Å². The first-order valence-electron chi connectivity index (χ1n) is 13.5. The van der Waals surface area contributed by atoms with E-state index < -0.39 is 85.7 Å². The Hall–Kier alpha value is -3.25. The maximum atomic E-state index is 12.9. The first-order chi connectivity index (χ1) is 20.4. The predicted molar refractivity (Wildman–Crippen MR) is 141 cm³/mol. The molecule has 2 fully saturated rings. The Morgan fingerprint density at radius 1 is 0.837 bits per heavy atom. The van der Waals surface area contributed by atoms with Crippen molar-refractivity contribution in [1.29, 1.82) is 0 Å². The molecule has 0 radical (unpaired) electrons. The summed E-state index contributed by atoms with van der Waals surface area (Å²) in [5.41, 5.74) is 0.433. The number of fused-ring (bicyclic) bond motifs is 1. The van der Waals surface area contributed by atoms with Gasteiger partial charge in [0.25, 0.3) is 0 Å². The Morgan fingerprint density at radius 3 is 2.26 bits per heavy atom. The number of phenolic OH excluding ortho intramolecular Hbond substituents is 2. The first kappa shape index (κ1) is 31.2. The van der Waals surface area contributed by atoms with Gasteiger partial charge in [0.05, 0.1) is 26.2 Å². The number of ketones is 1. The molecule has 2 aromatic rings. The van der Waals surface area contributed by atoms with E-state index in [9.17, 15) is 45.6 Å². The molecule has 3 aliphatic heterocycles. The number of carbonyl (C=O) groups excluding carboxylic acids is 1. The highest BCUT2D eigenvalue weighted by atomic mass is 16.7. The number of aliphatic hydroxyl groups excluding tert-OH is 6. The molecule has 8 N–H and O–H groups in total. The van der Waals surface area contributed by atoms with Gasteiger partial charge in [0.15, 0.2) is 23.6 Å². The van der Waals surface area contributed by atoms with Gasteiger partial charge in [-0.3, -0.25) is 4.79 Å². The van der Waals surface area contributed by atoms with Crippen LogP contribution in [0.2, 0.25) is 0 Å². The van der Waals surface area contributed by atoms with E-state index in [1.807, 2.05) is 0 Å². The van der Waals surface area contributed by atoms with Crippen LogP contribution >= 0.6 is 0 Å². The topological polar surface area (TPSA) is 234 Å². The summed E-state index contributed by atoms with van der Waals surface area (Å²) in [4.78, 5) is 12.9. The van der Waals surface area contributed by atoms with Crippen LogP contribution in [0.1, 0.15) is 35.4 Å². The zero-order chi connectivity index (χ0) is 31.2. The minimum absolute atomic E-state index is 0.0349. The number of benzene rings is 2. The molecule has 0 bridgehead atoms. The summed E-state index contributed by atoms with van der Waals surface area (Å²) in [5, 5.41) is 82.0. The summed E-state index contributed by atoms with van der Waals surface area (Å²) in [6.07, 6.45) is -15.9. The third-order valence-corrected chi connectivity index (χ3v) is 7.70. The smallest absolute Gasteiger partial charge is 0.229 e. The molecular formula is C28H34O15. The number of methoxy groups -OCH3 is 1. The van der Waals surface area contributed by atoms with Crippen molar-refractivity contribution in [1.82, 2.24) is 0 Å². The zero-order valence-corrected chi connectivity index (χ0v) is 23.1. The molecule has 236 valence electrons. The van der Waals surface area contributed by atoms with Gasteiger partial charge >= 0.3 is 0 Å². The van der Waals surface area contributed by atoms with E-state index in [0.717, 1.165) is 6.07 Å². The van der Waals surface area contributed by atoms with Crippen molar-refractivity contribution in [3.8, 4) is 28.7 Å². The molecular weight excluding hydrogens is 576 g/mol. The lowest BCUT2D eigenvalue weighted by Gasteiger charge is -2.42. The standard InChI is InChI=1S/C28H34O15/c1-10-21(32)23(34)25(36)27(40-10)39-9-19-22(33)24(35)26(37)28(43-19)41-12-6-14(30)20-15(31)8-16(42-18(20)7-12)11-3-4-13(29)17(5-11)38-2/h3-7,10,16,19,21-30,32-37H,8-9H2,1-2H3/t10-,16-,19+,21-,22+,23+,24-,25-,26+,27-,28+/m0/s1. The Bertz CT molecular complexity index is 1320. The SMILES string of the molecule is COc1cc([C@@H]2CC(=O)c3c(O)cc(O[C@@H]4O[C@H](CO[C@H]5O[C@@H](C)[C@H](O)[C@@H](O)[C@@H]5O)[C@@H](O)[C@H](O)[C@H]4O)cc3O2)ccc1O. The molecule has 3 heterocycles. The lowest BCUT2D eigenvalue weighted by molar-refractivity contribution is -0.318. The van der Waals surface area contributed by atoms with E-state index in [2.05, 4.69) is 0 Å². The molecule has 11 atom stereocenters. The number of hydrogen-bond donors (Lipinski definition) is 8. The van der Waals surface area contributed by atoms with Gasteiger partial charge in [-0.2, -0.15) is 0 Å². The molecule has 0 aromatic heterocycles. The first-order valence-corrected chi connectivity index (χ1v) is 13.5. The quantitative estimate of drug-likeness (QED) is 0.185. The third-order valence-electron chi connectivity index (χ3n) is 7.70. The second kappa shape index (κ2) is 12.4. The maximum absolute atomic E-state index is 12.9. The molecule has 2 aromatic carbocycles. The lowest BCUT2D eigenvalue weighted by Crippen LogP contribution is -2.61. The van der Waals surface area contributed by atoms with Crippen LogP contribution in [0.4, 0.5) is 0 Å². The average molecular weight is 611 g/mol. The fraction of sp³-hybridized carbons (Fsp3) is 0.536. The van der Waals surface area contributed by atoms with Crippen LogP contribution in [0.15, 0.2) is 30.3 Å². The van der Waals surface area contributed by atoms with Gasteiger partial charge in [-0.25, -0.2) is 0 Å². The fourth-order valence-electron chi connectivity index (χ4n) is 5.19. The largest absolute Gasteiger partial charge is 0.507 e. The van der Waals surface area contributed by atoms with E-state index in [0.29, 0.717) is 5.56 Å². The highest BCUT2D eigenvalue weighted by molar-refractivity contribution is 6.02. The van der Waals surface area contributed by atoms with Crippen LogP contribution < -0.4 is 14.2 Å². The second-order valence-electron chi connectivity index (χ2n) is 10.6. The number of hydrogen-bond acceptors (Lipinski definition) is 15. The van der Waals surface area contributed by atoms with Gasteiger partial charge in [0, 0.05) is 12.1 Å². The van der Waals surface area contributed by atoms with Crippen molar-refractivity contribution in [3.05, 3.63) is 41.5 Å². The lowest BCUT2D eigenvalue weighted by atomic mass is 9.95. The third kappa shape index (κ3) is 6.08. The molecule has 3 aliphatic rings. The van der Waals surface area contributed by atoms with Gasteiger partial charge in [-0.1, -0.05) is 6.07 Å². The molecule has 15 heteroatoms. The summed E-state index contributed by atoms with van der Waals surface area (Å²) < 4.78 is 33.3. The highest BCUT2D eigenvalue weighted by Gasteiger charge is 2.47. The minimum atomic E-state index is -1.77. The number of aromatic hydroxyl groups is 2. The molecule has 5 rings (SSSR count). The van der Waals surface area contributed by atoms with Gasteiger partial charge in [-0.05, 0) is 24.6 Å². The maximum Gasteiger partial charge on any atom is 0.229 e. The fourth-order valence-corrected chi connectivity index (χ4v) is 5.19. The van der Waals surface area contributed by atoms with Crippen molar-refractivity contribution < 1.29 is 74.1 Å². The Labute approximate surface area is 245 Å². The van der Waals surface area contributed by atoms with Crippen molar-refractivity contribution in [2.24, 2.45) is 0 Å². The number of Topliss-reactive ketones (excluding diaryl/α,β-unsaturated/α-hetero) is 1. The Kier molecular flexibility index (Phi) is 8.99. The monoisotopic (exact) mass is 610 g/mol. The van der Waals surface area contributed by atoms with Gasteiger partial charge in [0.1, 0.15) is 71.6 Å². The van der Waals surface area contributed by atoms with Crippen molar-refractivity contribution in [2.45, 2.75) is 80.9 Å². The van der Waals surface area contributed by atoms with Gasteiger partial charge < -0.3 is 69.3 Å². The summed E-state index contributed by atoms with van der Waals surface area (Å²) in [7, 11) is 1.38. The number of phenols is 2. The van der Waals surface area contributed by atoms with Crippen LogP contribution in [-0.2, 0) is 14.2 Å². The zero-order valence-electron chi connectivity index (χ0n) is 23.1. The summed E-state index contributed by atoms with van der Waals surface area (Å²) >= 11 is 0. The Balaban J connectivity index is 1.31. The normalized spacial score (nSPS) is 36.0. The molecule has 0 amide bonds. The molecule has 0 unspecified atom stereocenters. The van der Waals surface area contributed by atoms with Crippen molar-refractivity contribution in [3.63, 3.8) is 0 Å². The van der Waals surface area contributed by atoms with Crippen molar-refractivity contribution >= 4 is 5.78 Å². The predicted octanol–water partition coefficient (Wildman–Crippen LogP) is -1.16. The van der Waals surface area contributed by atoms with E-state index in [4.69, 9.17) is 28.4 Å². The summed E-state index contributed by atoms with van der Waals surface area (Å²) in [6.45, 7) is 0.966. The van der Waals surface area contributed by atoms with Crippen LogP contribution in [0.25, 0.3) is 0 Å². The van der Waals surface area contributed by atoms with Crippen LogP contribution in [0.3, 0.4) is 0 Å². The van der Waals surface area contributed by atoms with Crippen LogP contribution in [-0.4, -0.2) is 122 Å². The minimum Gasteiger partial charge on any atom is -0.507 e. The number of rotatable bonds is 7. The molecule has 0 aliphatic carbocycles. The Morgan fingerprint density at radius 2 is 1.53 bits per heavy atom. The van der Waals surface area contributed by atoms with E-state index in [-0.39, 0.29) is 35.0 Å². The summed E-state index contributed by atoms with van der Waals surface area (Å²) in [6, 6.07) is 6.85. The number of ether oxygens (including phenoxy) is 6. The number of aliphatic hydroxyl groups is 6. The highest BCUT2D eigenvalue weighted by Crippen LogP contribution is 2.43. The second-order valence-corrected chi connectivity index (χ2v) is 10.6. The summed E-state index contributed by atoms with van der Waals surface area (Å²) in [5.74, 6) is -0.966. The van der Waals surface area contributed by atoms with Gasteiger partial charge in [-0.15, -0.1) is 0 Å². The van der Waals surface area contributed by atoms with Crippen LogP contribution in [0.5, 0.6) is 28.7 Å². The molecule has 2 saturated heterocycles. The van der Waals surface area contributed by atoms with Crippen LogP contribution in [0, 0.1) is 0 Å². The van der Waals surface area contributed by atoms with E-state index in [1.54, 1.807) is 6.07 Å². The van der Waals surface area contributed by atoms with Gasteiger partial charge in [0.2, 0.25) is 6.29 Å². The molecule has 0 spiro atoms. The molecule has 15 nitrogen and oxygen atoms in total. The van der Waals surface area contributed by atoms with E-state index in [1.165, 1.54) is 32.2 Å². The van der Waals surface area contributed by atoms with Crippen molar-refractivity contribution in [2.75, 3.05) is 13.7 Å². The average Bonchev–Trinajstić information content (AvgIpc) is 2.97. The number of carbonyl (C=O) groups is 1. The molecule has 43 heavy (non-hydrogen) atoms. The molecule has 0 saturated carbocycles.